The van der Waals surface area contributed by atoms with Gasteiger partial charge in [-0.15, -0.1) is 0 Å². The van der Waals surface area contributed by atoms with Gasteiger partial charge in [0, 0.05) is 33.5 Å². The van der Waals surface area contributed by atoms with E-state index in [2.05, 4.69) is 10.3 Å². The largest absolute Gasteiger partial charge is 0.488 e. The molecule has 1 amide bonds. The zero-order valence-electron chi connectivity index (χ0n) is 19.2. The van der Waals surface area contributed by atoms with Crippen molar-refractivity contribution in [1.29, 1.82) is 0 Å². The van der Waals surface area contributed by atoms with Crippen molar-refractivity contribution in [3.8, 4) is 5.75 Å². The first-order chi connectivity index (χ1) is 15.6. The molecule has 1 aromatic heterocycles. The molecule has 0 saturated carbocycles. The van der Waals surface area contributed by atoms with E-state index in [-0.39, 0.29) is 35.6 Å². The van der Waals surface area contributed by atoms with Crippen molar-refractivity contribution >= 4 is 27.0 Å². The number of halogens is 1. The molecule has 0 bridgehead atoms. The standard InChI is InChI=1S/C23H29FN4O4S/c1-5-28-20-11-10-17(33(30,31)27(3)4)14-19(20)26-22(28)12-13-23(29)25-16(2)15-32-21-9-7-6-8-18(21)24/h6-11,14,16H,5,12-13,15H2,1-4H3,(H,25,29). The van der Waals surface area contributed by atoms with Crippen LogP contribution in [0, 0.1) is 5.82 Å². The zero-order valence-corrected chi connectivity index (χ0v) is 20.0. The van der Waals surface area contributed by atoms with Crippen molar-refractivity contribution in [2.75, 3.05) is 20.7 Å². The van der Waals surface area contributed by atoms with Gasteiger partial charge in [0.15, 0.2) is 11.6 Å². The van der Waals surface area contributed by atoms with Crippen molar-refractivity contribution in [1.82, 2.24) is 19.2 Å². The van der Waals surface area contributed by atoms with E-state index in [1.807, 2.05) is 11.5 Å². The van der Waals surface area contributed by atoms with Gasteiger partial charge < -0.3 is 14.6 Å². The molecule has 1 unspecified atom stereocenters. The van der Waals surface area contributed by atoms with Crippen LogP contribution in [0.3, 0.4) is 0 Å². The van der Waals surface area contributed by atoms with Gasteiger partial charge in [-0.25, -0.2) is 22.1 Å². The average molecular weight is 477 g/mol. The first-order valence-electron chi connectivity index (χ1n) is 10.7. The number of benzene rings is 2. The Morgan fingerprint density at radius 1 is 1.24 bits per heavy atom. The number of carbonyl (C=O) groups is 1. The van der Waals surface area contributed by atoms with E-state index in [0.717, 1.165) is 9.82 Å². The quantitative estimate of drug-likeness (QED) is 0.486. The van der Waals surface area contributed by atoms with Crippen LogP contribution in [0.5, 0.6) is 5.75 Å². The maximum absolute atomic E-state index is 13.6. The van der Waals surface area contributed by atoms with Gasteiger partial charge >= 0.3 is 0 Å². The molecule has 8 nitrogen and oxygen atoms in total. The number of para-hydroxylation sites is 1. The molecule has 2 aromatic carbocycles. The lowest BCUT2D eigenvalue weighted by atomic mass is 10.2. The summed E-state index contributed by atoms with van der Waals surface area (Å²) < 4.78 is 47.1. The molecular formula is C23H29FN4O4S. The van der Waals surface area contributed by atoms with E-state index in [9.17, 15) is 17.6 Å². The molecule has 3 aromatic rings. The normalized spacial score (nSPS) is 12.8. The molecule has 1 atom stereocenters. The number of fused-ring (bicyclic) bond motifs is 1. The summed E-state index contributed by atoms with van der Waals surface area (Å²) in [4.78, 5) is 17.2. The maximum Gasteiger partial charge on any atom is 0.242 e. The third kappa shape index (κ3) is 5.69. The molecule has 33 heavy (non-hydrogen) atoms. The number of carbonyl (C=O) groups excluding carboxylic acids is 1. The molecule has 1 heterocycles. The number of rotatable bonds is 10. The van der Waals surface area contributed by atoms with Crippen LogP contribution < -0.4 is 10.1 Å². The highest BCUT2D eigenvalue weighted by Crippen LogP contribution is 2.23. The summed E-state index contributed by atoms with van der Waals surface area (Å²) in [6.07, 6.45) is 0.598. The second-order valence-electron chi connectivity index (χ2n) is 7.92. The summed E-state index contributed by atoms with van der Waals surface area (Å²) >= 11 is 0. The van der Waals surface area contributed by atoms with E-state index < -0.39 is 15.8 Å². The van der Waals surface area contributed by atoms with Crippen molar-refractivity contribution in [3.63, 3.8) is 0 Å². The van der Waals surface area contributed by atoms with Crippen LogP contribution >= 0.6 is 0 Å². The smallest absolute Gasteiger partial charge is 0.242 e. The third-order valence-electron chi connectivity index (χ3n) is 5.20. The van der Waals surface area contributed by atoms with Gasteiger partial charge in [0.1, 0.15) is 12.4 Å². The highest BCUT2D eigenvalue weighted by atomic mass is 32.2. The number of hydrogen-bond donors (Lipinski definition) is 1. The van der Waals surface area contributed by atoms with E-state index in [1.54, 1.807) is 37.3 Å². The van der Waals surface area contributed by atoms with E-state index in [4.69, 9.17) is 4.74 Å². The van der Waals surface area contributed by atoms with Crippen LogP contribution in [0.1, 0.15) is 26.1 Å². The number of nitrogens with zero attached hydrogens (tertiary/aromatic N) is 3. The minimum absolute atomic E-state index is 0.142. The average Bonchev–Trinajstić information content (AvgIpc) is 3.13. The topological polar surface area (TPSA) is 93.5 Å². The molecular weight excluding hydrogens is 447 g/mol. The highest BCUT2D eigenvalue weighted by Gasteiger charge is 2.20. The Morgan fingerprint density at radius 3 is 2.64 bits per heavy atom. The lowest BCUT2D eigenvalue weighted by Gasteiger charge is -2.15. The van der Waals surface area contributed by atoms with Crippen molar-refractivity contribution in [3.05, 3.63) is 54.1 Å². The monoisotopic (exact) mass is 476 g/mol. The fraction of sp³-hybridized carbons (Fsp3) is 0.391. The van der Waals surface area contributed by atoms with Gasteiger partial charge in [0.25, 0.3) is 0 Å². The van der Waals surface area contributed by atoms with Gasteiger partial charge in [-0.05, 0) is 44.2 Å². The Balaban J connectivity index is 1.64. The van der Waals surface area contributed by atoms with E-state index >= 15 is 0 Å². The van der Waals surface area contributed by atoms with Crippen LogP contribution in [0.2, 0.25) is 0 Å². The molecule has 0 aliphatic carbocycles. The van der Waals surface area contributed by atoms with Crippen molar-refractivity contribution in [2.24, 2.45) is 0 Å². The van der Waals surface area contributed by atoms with E-state index in [0.29, 0.717) is 24.3 Å². The molecule has 0 radical (unpaired) electrons. The number of aryl methyl sites for hydroxylation is 2. The summed E-state index contributed by atoms with van der Waals surface area (Å²) in [6.45, 7) is 4.54. The molecule has 3 rings (SSSR count). The Labute approximate surface area is 193 Å². The second kappa shape index (κ2) is 10.3. The Morgan fingerprint density at radius 2 is 1.97 bits per heavy atom. The van der Waals surface area contributed by atoms with Crippen LogP contribution in [-0.2, 0) is 27.8 Å². The lowest BCUT2D eigenvalue weighted by Crippen LogP contribution is -2.37. The SMILES string of the molecule is CCn1c(CCC(=O)NC(C)COc2ccccc2F)nc2cc(S(=O)(=O)N(C)C)ccc21. The molecule has 0 aliphatic heterocycles. The Kier molecular flexibility index (Phi) is 7.70. The highest BCUT2D eigenvalue weighted by molar-refractivity contribution is 7.89. The van der Waals surface area contributed by atoms with Gasteiger partial charge in [-0.2, -0.15) is 0 Å². The second-order valence-corrected chi connectivity index (χ2v) is 10.1. The maximum atomic E-state index is 13.6. The van der Waals surface area contributed by atoms with Gasteiger partial charge in [0.2, 0.25) is 15.9 Å². The third-order valence-corrected chi connectivity index (χ3v) is 7.01. The Bertz CT molecular complexity index is 1240. The van der Waals surface area contributed by atoms with Crippen LogP contribution in [-0.4, -0.2) is 54.9 Å². The van der Waals surface area contributed by atoms with E-state index in [1.165, 1.54) is 26.2 Å². The van der Waals surface area contributed by atoms with Crippen molar-refractivity contribution < 1.29 is 22.3 Å². The number of nitrogens with one attached hydrogen (secondary N) is 1. The number of sulfonamides is 1. The fourth-order valence-corrected chi connectivity index (χ4v) is 4.39. The summed E-state index contributed by atoms with van der Waals surface area (Å²) in [6, 6.07) is 10.7. The van der Waals surface area contributed by atoms with Crippen LogP contribution in [0.4, 0.5) is 4.39 Å². The minimum Gasteiger partial charge on any atom is -0.488 e. The van der Waals surface area contributed by atoms with Crippen LogP contribution in [0.25, 0.3) is 11.0 Å². The zero-order chi connectivity index (χ0) is 24.2. The molecule has 0 fully saturated rings. The van der Waals surface area contributed by atoms with Crippen LogP contribution in [0.15, 0.2) is 47.4 Å². The molecule has 178 valence electrons. The molecule has 1 N–H and O–H groups in total. The number of aromatic nitrogens is 2. The predicted molar refractivity (Wildman–Crippen MR) is 124 cm³/mol. The number of ether oxygens (including phenoxy) is 1. The first kappa shape index (κ1) is 24.7. The number of imidazole rings is 1. The first-order valence-corrected chi connectivity index (χ1v) is 12.2. The number of amides is 1. The lowest BCUT2D eigenvalue weighted by molar-refractivity contribution is -0.121. The number of hydrogen-bond acceptors (Lipinski definition) is 5. The molecule has 10 heteroatoms. The summed E-state index contributed by atoms with van der Waals surface area (Å²) in [5.41, 5.74) is 1.39. The summed E-state index contributed by atoms with van der Waals surface area (Å²) in [7, 11) is -0.596. The summed E-state index contributed by atoms with van der Waals surface area (Å²) in [5.74, 6) is 0.226. The van der Waals surface area contributed by atoms with Gasteiger partial charge in [-0.1, -0.05) is 12.1 Å². The predicted octanol–water partition coefficient (Wildman–Crippen LogP) is 2.96. The minimum atomic E-state index is -3.56. The molecule has 0 spiro atoms. The Hall–Kier alpha value is -2.98. The van der Waals surface area contributed by atoms with Gasteiger partial charge in [-0.3, -0.25) is 4.79 Å². The summed E-state index contributed by atoms with van der Waals surface area (Å²) in [5, 5.41) is 2.84. The van der Waals surface area contributed by atoms with Crippen molar-refractivity contribution in [2.45, 2.75) is 44.2 Å². The van der Waals surface area contributed by atoms with Gasteiger partial charge in [0.05, 0.1) is 22.0 Å². The molecule has 0 saturated heterocycles. The fourth-order valence-electron chi connectivity index (χ4n) is 3.47. The molecule has 0 aliphatic rings.